The predicted molar refractivity (Wildman–Crippen MR) is 112 cm³/mol. The quantitative estimate of drug-likeness (QED) is 0.640. The van der Waals surface area contributed by atoms with E-state index in [4.69, 9.17) is 4.52 Å². The van der Waals surface area contributed by atoms with Gasteiger partial charge < -0.3 is 14.7 Å². The fourth-order valence-corrected chi connectivity index (χ4v) is 3.58. The van der Waals surface area contributed by atoms with E-state index < -0.39 is 5.92 Å². The number of rotatable bonds is 4. The topological polar surface area (TPSA) is 88.3 Å². The van der Waals surface area contributed by atoms with Crippen molar-refractivity contribution in [2.75, 3.05) is 16.8 Å². The van der Waals surface area contributed by atoms with Crippen molar-refractivity contribution < 1.29 is 14.1 Å². The van der Waals surface area contributed by atoms with Crippen molar-refractivity contribution in [2.45, 2.75) is 20.3 Å². The summed E-state index contributed by atoms with van der Waals surface area (Å²) in [5.74, 6) is 0.284. The Labute approximate surface area is 176 Å². The van der Waals surface area contributed by atoms with E-state index in [0.717, 1.165) is 21.3 Å². The molecule has 2 heterocycles. The molecule has 0 bridgehead atoms. The highest BCUT2D eigenvalue weighted by atomic mass is 79.9. The Morgan fingerprint density at radius 3 is 2.79 bits per heavy atom. The van der Waals surface area contributed by atoms with Gasteiger partial charge in [-0.2, -0.15) is 4.98 Å². The molecule has 1 fully saturated rings. The molecular formula is C21H19BrN4O3. The average molecular weight is 455 g/mol. The van der Waals surface area contributed by atoms with Crippen molar-refractivity contribution in [2.24, 2.45) is 5.92 Å². The summed E-state index contributed by atoms with van der Waals surface area (Å²) < 4.78 is 6.01. The zero-order valence-electron chi connectivity index (χ0n) is 16.0. The van der Waals surface area contributed by atoms with Crippen LogP contribution in [0, 0.1) is 19.8 Å². The van der Waals surface area contributed by atoms with Crippen LogP contribution in [0.1, 0.15) is 17.9 Å². The molecule has 4 rings (SSSR count). The van der Waals surface area contributed by atoms with Crippen molar-refractivity contribution in [1.29, 1.82) is 0 Å². The lowest BCUT2D eigenvalue weighted by Gasteiger charge is -2.17. The molecule has 1 aliphatic heterocycles. The summed E-state index contributed by atoms with van der Waals surface area (Å²) in [5, 5.41) is 6.83. The maximum absolute atomic E-state index is 12.7. The number of aryl methyl sites for hydroxylation is 2. The van der Waals surface area contributed by atoms with E-state index in [0.29, 0.717) is 23.9 Å². The van der Waals surface area contributed by atoms with Gasteiger partial charge in [0.05, 0.1) is 5.92 Å². The number of nitrogens with zero attached hydrogens (tertiary/aromatic N) is 3. The summed E-state index contributed by atoms with van der Waals surface area (Å²) in [7, 11) is 0. The normalized spacial score (nSPS) is 16.3. The molecule has 2 amide bonds. The van der Waals surface area contributed by atoms with E-state index in [9.17, 15) is 9.59 Å². The van der Waals surface area contributed by atoms with Gasteiger partial charge in [-0.25, -0.2) is 0 Å². The van der Waals surface area contributed by atoms with Crippen molar-refractivity contribution >= 4 is 39.1 Å². The van der Waals surface area contributed by atoms with Gasteiger partial charge in [0.1, 0.15) is 0 Å². The van der Waals surface area contributed by atoms with Crippen LogP contribution in [0.4, 0.5) is 11.4 Å². The number of aromatic nitrogens is 2. The lowest BCUT2D eigenvalue weighted by molar-refractivity contribution is -0.122. The zero-order valence-corrected chi connectivity index (χ0v) is 17.6. The molecule has 0 saturated carbocycles. The Balaban J connectivity index is 1.49. The molecule has 1 aliphatic rings. The van der Waals surface area contributed by atoms with Gasteiger partial charge in [-0.3, -0.25) is 9.59 Å². The number of carbonyl (C=O) groups excluding carboxylic acids is 2. The summed E-state index contributed by atoms with van der Waals surface area (Å²) in [5.41, 5.74) is 3.21. The van der Waals surface area contributed by atoms with Crippen LogP contribution < -0.4 is 10.2 Å². The number of anilines is 2. The summed E-state index contributed by atoms with van der Waals surface area (Å²) in [4.78, 5) is 31.1. The number of carbonyl (C=O) groups is 2. The number of nitrogens with one attached hydrogen (secondary N) is 1. The van der Waals surface area contributed by atoms with Crippen LogP contribution in [-0.2, 0) is 9.59 Å². The van der Waals surface area contributed by atoms with Crippen molar-refractivity contribution in [3.63, 3.8) is 0 Å². The van der Waals surface area contributed by atoms with E-state index in [1.165, 1.54) is 0 Å². The number of hydrogen-bond acceptors (Lipinski definition) is 5. The first kappa shape index (κ1) is 19.3. The summed E-state index contributed by atoms with van der Waals surface area (Å²) in [6.07, 6.45) is 0.174. The molecule has 8 heteroatoms. The molecule has 0 radical (unpaired) electrons. The van der Waals surface area contributed by atoms with Crippen molar-refractivity contribution in [3.8, 4) is 11.4 Å². The number of amides is 2. The second-order valence-electron chi connectivity index (χ2n) is 7.05. The van der Waals surface area contributed by atoms with E-state index in [2.05, 4.69) is 31.4 Å². The smallest absolute Gasteiger partial charge is 0.229 e. The fourth-order valence-electron chi connectivity index (χ4n) is 3.33. The van der Waals surface area contributed by atoms with Crippen LogP contribution in [0.5, 0.6) is 0 Å². The minimum atomic E-state index is -0.414. The molecule has 1 aromatic heterocycles. The molecule has 0 spiro atoms. The highest BCUT2D eigenvalue weighted by molar-refractivity contribution is 9.10. The van der Waals surface area contributed by atoms with Crippen LogP contribution in [0.25, 0.3) is 11.4 Å². The van der Waals surface area contributed by atoms with Gasteiger partial charge in [0.25, 0.3) is 0 Å². The fraction of sp³-hybridized carbons (Fsp3) is 0.238. The molecular weight excluding hydrogens is 436 g/mol. The molecule has 3 aromatic rings. The van der Waals surface area contributed by atoms with Crippen LogP contribution >= 0.6 is 15.9 Å². The monoisotopic (exact) mass is 454 g/mol. The first-order valence-electron chi connectivity index (χ1n) is 9.19. The Hall–Kier alpha value is -3.00. The molecule has 2 aromatic carbocycles. The highest BCUT2D eigenvalue weighted by Gasteiger charge is 2.35. The van der Waals surface area contributed by atoms with Crippen molar-refractivity contribution in [3.05, 3.63) is 58.4 Å². The molecule has 1 saturated heterocycles. The molecule has 29 heavy (non-hydrogen) atoms. The van der Waals surface area contributed by atoms with Gasteiger partial charge in [-0.05, 0) is 42.8 Å². The third-order valence-corrected chi connectivity index (χ3v) is 5.75. The average Bonchev–Trinajstić information content (AvgIpc) is 3.31. The number of benzene rings is 2. The molecule has 1 unspecified atom stereocenters. The van der Waals surface area contributed by atoms with Crippen molar-refractivity contribution in [1.82, 2.24) is 10.1 Å². The van der Waals surface area contributed by atoms with Crippen LogP contribution in [0.2, 0.25) is 0 Å². The number of halogens is 1. The Bertz CT molecular complexity index is 1100. The Kier molecular flexibility index (Phi) is 5.19. The predicted octanol–water partition coefficient (Wildman–Crippen LogP) is 4.11. The van der Waals surface area contributed by atoms with Gasteiger partial charge >= 0.3 is 0 Å². The standard InChI is InChI=1S/C21H19BrN4O3/c1-12-8-16(6-7-18(12)22)24-21(28)15-10-19(27)26(11-15)17-5-3-4-14(9-17)20-23-13(2)29-25-20/h3-9,15H,10-11H2,1-2H3,(H,24,28). The van der Waals surface area contributed by atoms with E-state index in [1.807, 2.05) is 49.4 Å². The molecule has 1 N–H and O–H groups in total. The SMILES string of the molecule is Cc1nc(-c2cccc(N3CC(C(=O)Nc4ccc(Br)c(C)c4)CC3=O)c2)no1. The first-order valence-corrected chi connectivity index (χ1v) is 9.98. The maximum atomic E-state index is 12.7. The molecule has 7 nitrogen and oxygen atoms in total. The Morgan fingerprint density at radius 2 is 2.07 bits per heavy atom. The minimum absolute atomic E-state index is 0.0846. The lowest BCUT2D eigenvalue weighted by atomic mass is 10.1. The largest absolute Gasteiger partial charge is 0.339 e. The van der Waals surface area contributed by atoms with Gasteiger partial charge in [0.15, 0.2) is 0 Å². The van der Waals surface area contributed by atoms with E-state index >= 15 is 0 Å². The lowest BCUT2D eigenvalue weighted by Crippen LogP contribution is -2.28. The summed E-state index contributed by atoms with van der Waals surface area (Å²) >= 11 is 3.45. The maximum Gasteiger partial charge on any atom is 0.229 e. The van der Waals surface area contributed by atoms with Gasteiger partial charge in [-0.1, -0.05) is 33.2 Å². The Morgan fingerprint density at radius 1 is 1.24 bits per heavy atom. The second-order valence-corrected chi connectivity index (χ2v) is 7.90. The summed E-state index contributed by atoms with van der Waals surface area (Å²) in [6, 6.07) is 13.0. The molecule has 148 valence electrons. The van der Waals surface area contributed by atoms with Gasteiger partial charge in [-0.15, -0.1) is 0 Å². The zero-order chi connectivity index (χ0) is 20.5. The third kappa shape index (κ3) is 4.07. The number of hydrogen-bond donors (Lipinski definition) is 1. The second kappa shape index (κ2) is 7.79. The third-order valence-electron chi connectivity index (χ3n) is 4.86. The van der Waals surface area contributed by atoms with Crippen LogP contribution in [0.3, 0.4) is 0 Å². The van der Waals surface area contributed by atoms with Crippen LogP contribution in [0.15, 0.2) is 51.5 Å². The minimum Gasteiger partial charge on any atom is -0.339 e. The van der Waals surface area contributed by atoms with Gasteiger partial charge in [0, 0.05) is 41.3 Å². The van der Waals surface area contributed by atoms with E-state index in [1.54, 1.807) is 11.8 Å². The van der Waals surface area contributed by atoms with Gasteiger partial charge in [0.2, 0.25) is 23.5 Å². The first-order chi connectivity index (χ1) is 13.9. The van der Waals surface area contributed by atoms with E-state index in [-0.39, 0.29) is 18.2 Å². The van der Waals surface area contributed by atoms with Crippen LogP contribution in [-0.4, -0.2) is 28.5 Å². The highest BCUT2D eigenvalue weighted by Crippen LogP contribution is 2.29. The molecule has 1 atom stereocenters. The summed E-state index contributed by atoms with van der Waals surface area (Å²) in [6.45, 7) is 4.01. The molecule has 0 aliphatic carbocycles.